The number of rotatable bonds is 3. The Balaban J connectivity index is 1.88. The number of nitrogens with two attached hydrogens (primary N) is 1. The number of nitrogens with zero attached hydrogens (tertiary/aromatic N) is 2. The minimum absolute atomic E-state index is 0.196. The van der Waals surface area contributed by atoms with E-state index < -0.39 is 9.84 Å². The molecular formula is C11H15N3O2S2. The average Bonchev–Trinajstić information content (AvgIpc) is 2.92. The molecule has 18 heavy (non-hydrogen) atoms. The fourth-order valence-electron chi connectivity index (χ4n) is 2.60. The van der Waals surface area contributed by atoms with Gasteiger partial charge in [0.05, 0.1) is 17.2 Å². The smallest absolute Gasteiger partial charge is 0.193 e. The van der Waals surface area contributed by atoms with E-state index in [1.165, 1.54) is 0 Å². The van der Waals surface area contributed by atoms with Crippen LogP contribution >= 0.6 is 11.3 Å². The maximum Gasteiger partial charge on any atom is 0.193 e. The largest absolute Gasteiger partial charge is 0.330 e. The van der Waals surface area contributed by atoms with E-state index in [1.54, 1.807) is 11.3 Å². The van der Waals surface area contributed by atoms with Crippen LogP contribution in [0.2, 0.25) is 0 Å². The Kier molecular flexibility index (Phi) is 2.72. The second-order valence-electron chi connectivity index (χ2n) is 5.05. The van der Waals surface area contributed by atoms with E-state index in [4.69, 9.17) is 5.73 Å². The van der Waals surface area contributed by atoms with Crippen molar-refractivity contribution >= 4 is 26.1 Å². The molecule has 0 amide bonds. The lowest BCUT2D eigenvalue weighted by atomic mass is 9.83. The molecule has 0 spiro atoms. The van der Waals surface area contributed by atoms with Crippen LogP contribution in [0, 0.1) is 5.41 Å². The Hall–Kier alpha value is -0.920. The van der Waals surface area contributed by atoms with Crippen molar-refractivity contribution in [2.75, 3.05) is 18.1 Å². The third kappa shape index (κ3) is 2.06. The average molecular weight is 285 g/mol. The molecule has 1 aliphatic heterocycles. The van der Waals surface area contributed by atoms with E-state index in [0.29, 0.717) is 19.4 Å². The van der Waals surface area contributed by atoms with Crippen molar-refractivity contribution in [1.82, 2.24) is 9.38 Å². The Labute approximate surface area is 110 Å². The highest BCUT2D eigenvalue weighted by molar-refractivity contribution is 7.91. The zero-order valence-corrected chi connectivity index (χ0v) is 11.5. The van der Waals surface area contributed by atoms with Gasteiger partial charge in [-0.25, -0.2) is 13.4 Å². The Morgan fingerprint density at radius 2 is 2.39 bits per heavy atom. The molecule has 0 aromatic carbocycles. The molecule has 0 bridgehead atoms. The predicted octanol–water partition coefficient (Wildman–Crippen LogP) is 0.702. The number of fused-ring (bicyclic) bond motifs is 1. The molecule has 3 rings (SSSR count). The minimum Gasteiger partial charge on any atom is -0.330 e. The number of aromatic nitrogens is 2. The van der Waals surface area contributed by atoms with Crippen molar-refractivity contribution in [3.63, 3.8) is 0 Å². The van der Waals surface area contributed by atoms with E-state index in [2.05, 4.69) is 4.98 Å². The van der Waals surface area contributed by atoms with Gasteiger partial charge in [0.1, 0.15) is 0 Å². The summed E-state index contributed by atoms with van der Waals surface area (Å²) in [6.07, 6.45) is 5.22. The lowest BCUT2D eigenvalue weighted by molar-refractivity contribution is 0.341. The first-order valence-corrected chi connectivity index (χ1v) is 8.54. The highest BCUT2D eigenvalue weighted by Crippen LogP contribution is 2.34. The summed E-state index contributed by atoms with van der Waals surface area (Å²) >= 11 is 1.57. The van der Waals surface area contributed by atoms with E-state index >= 15 is 0 Å². The SMILES string of the molecule is NCC1(Cc2cn3ccsc3n2)CCS(=O)(=O)C1. The molecular weight excluding hydrogens is 270 g/mol. The molecule has 1 saturated heterocycles. The van der Waals surface area contributed by atoms with Crippen molar-refractivity contribution in [2.24, 2.45) is 11.1 Å². The van der Waals surface area contributed by atoms with Crippen LogP contribution in [0.25, 0.3) is 4.96 Å². The number of hydrogen-bond donors (Lipinski definition) is 1. The van der Waals surface area contributed by atoms with Crippen molar-refractivity contribution in [3.8, 4) is 0 Å². The van der Waals surface area contributed by atoms with Gasteiger partial charge in [-0.2, -0.15) is 0 Å². The lowest BCUT2D eigenvalue weighted by Gasteiger charge is -2.24. The van der Waals surface area contributed by atoms with Gasteiger partial charge in [-0.1, -0.05) is 0 Å². The first-order chi connectivity index (χ1) is 8.52. The molecule has 0 saturated carbocycles. The topological polar surface area (TPSA) is 77.5 Å². The summed E-state index contributed by atoms with van der Waals surface area (Å²) in [5.41, 5.74) is 6.43. The monoisotopic (exact) mass is 285 g/mol. The van der Waals surface area contributed by atoms with Crippen molar-refractivity contribution in [1.29, 1.82) is 0 Å². The molecule has 1 unspecified atom stereocenters. The molecule has 2 aromatic rings. The quantitative estimate of drug-likeness (QED) is 0.900. The van der Waals surface area contributed by atoms with Gasteiger partial charge in [-0.3, -0.25) is 4.40 Å². The number of hydrogen-bond acceptors (Lipinski definition) is 5. The lowest BCUT2D eigenvalue weighted by Crippen LogP contribution is -2.34. The van der Waals surface area contributed by atoms with Crippen LogP contribution in [-0.2, 0) is 16.3 Å². The molecule has 98 valence electrons. The molecule has 1 atom stereocenters. The normalized spacial score (nSPS) is 26.9. The molecule has 1 fully saturated rings. The minimum atomic E-state index is -2.91. The molecule has 5 nitrogen and oxygen atoms in total. The summed E-state index contributed by atoms with van der Waals surface area (Å²) in [5.74, 6) is 0.452. The van der Waals surface area contributed by atoms with Crippen molar-refractivity contribution in [3.05, 3.63) is 23.5 Å². The maximum absolute atomic E-state index is 11.6. The summed E-state index contributed by atoms with van der Waals surface area (Å²) in [6.45, 7) is 0.400. The highest BCUT2D eigenvalue weighted by atomic mass is 32.2. The molecule has 0 radical (unpaired) electrons. The Bertz CT molecular complexity index is 645. The zero-order valence-electron chi connectivity index (χ0n) is 9.87. The molecule has 7 heteroatoms. The second-order valence-corrected chi connectivity index (χ2v) is 8.11. The Morgan fingerprint density at radius 1 is 1.56 bits per heavy atom. The highest BCUT2D eigenvalue weighted by Gasteiger charge is 2.41. The van der Waals surface area contributed by atoms with Crippen molar-refractivity contribution in [2.45, 2.75) is 12.8 Å². The van der Waals surface area contributed by atoms with Crippen LogP contribution in [0.4, 0.5) is 0 Å². The van der Waals surface area contributed by atoms with Gasteiger partial charge in [-0.05, 0) is 19.4 Å². The van der Waals surface area contributed by atoms with Gasteiger partial charge in [0, 0.05) is 23.2 Å². The summed E-state index contributed by atoms with van der Waals surface area (Å²) in [4.78, 5) is 5.45. The molecule has 0 aliphatic carbocycles. The van der Waals surface area contributed by atoms with Crippen molar-refractivity contribution < 1.29 is 8.42 Å². The summed E-state index contributed by atoms with van der Waals surface area (Å²) in [7, 11) is -2.91. The zero-order chi connectivity index (χ0) is 12.8. The standard InChI is InChI=1S/C11H15N3O2S2/c12-7-11(1-4-18(15,16)8-11)5-9-6-14-2-3-17-10(14)13-9/h2-3,6H,1,4-5,7-8,12H2. The van der Waals surface area contributed by atoms with E-state index in [-0.39, 0.29) is 16.9 Å². The molecule has 1 aliphatic rings. The van der Waals surface area contributed by atoms with Gasteiger partial charge in [0.25, 0.3) is 0 Å². The van der Waals surface area contributed by atoms with E-state index in [1.807, 2.05) is 22.2 Å². The van der Waals surface area contributed by atoms with E-state index in [9.17, 15) is 8.42 Å². The van der Waals surface area contributed by atoms with Gasteiger partial charge >= 0.3 is 0 Å². The van der Waals surface area contributed by atoms with Gasteiger partial charge in [0.15, 0.2) is 14.8 Å². The molecule has 2 aromatic heterocycles. The van der Waals surface area contributed by atoms with Gasteiger partial charge < -0.3 is 5.73 Å². The van der Waals surface area contributed by atoms with Gasteiger partial charge in [-0.15, -0.1) is 11.3 Å². The fourth-order valence-corrected chi connectivity index (χ4v) is 5.51. The second kappa shape index (κ2) is 4.04. The van der Waals surface area contributed by atoms with Crippen LogP contribution in [0.1, 0.15) is 12.1 Å². The number of thiazole rings is 1. The van der Waals surface area contributed by atoms with Crippen LogP contribution in [0.3, 0.4) is 0 Å². The van der Waals surface area contributed by atoms with Crippen LogP contribution in [0.5, 0.6) is 0 Å². The van der Waals surface area contributed by atoms with E-state index in [0.717, 1.165) is 10.7 Å². The van der Waals surface area contributed by atoms with Crippen LogP contribution in [-0.4, -0.2) is 35.9 Å². The maximum atomic E-state index is 11.6. The third-order valence-corrected chi connectivity index (χ3v) is 6.25. The Morgan fingerprint density at radius 3 is 3.00 bits per heavy atom. The predicted molar refractivity (Wildman–Crippen MR) is 71.5 cm³/mol. The number of imidazole rings is 1. The molecule has 3 heterocycles. The summed E-state index contributed by atoms with van der Waals surface area (Å²) < 4.78 is 25.2. The summed E-state index contributed by atoms with van der Waals surface area (Å²) in [5, 5.41) is 1.98. The first-order valence-electron chi connectivity index (χ1n) is 5.84. The molecule has 2 N–H and O–H groups in total. The van der Waals surface area contributed by atoms with Crippen LogP contribution < -0.4 is 5.73 Å². The first kappa shape index (κ1) is 12.1. The third-order valence-electron chi connectivity index (χ3n) is 3.60. The summed E-state index contributed by atoms with van der Waals surface area (Å²) in [6, 6.07) is 0. The fraction of sp³-hybridized carbons (Fsp3) is 0.545. The number of sulfone groups is 1. The van der Waals surface area contributed by atoms with Gasteiger partial charge in [0.2, 0.25) is 0 Å². The van der Waals surface area contributed by atoms with Crippen LogP contribution in [0.15, 0.2) is 17.8 Å².